The lowest BCUT2D eigenvalue weighted by Gasteiger charge is -2.03. The first-order valence-electron chi connectivity index (χ1n) is 2.91. The van der Waals surface area contributed by atoms with Crippen LogP contribution in [-0.2, 0) is 0 Å². The topological polar surface area (TPSA) is 38.9 Å². The number of rotatable bonds is 1. The SMILES string of the molecule is Nc1ncc(F)c(C(F)F)c1F. The first-order valence-corrected chi connectivity index (χ1v) is 2.91. The summed E-state index contributed by atoms with van der Waals surface area (Å²) in [4.78, 5) is 3.02. The van der Waals surface area contributed by atoms with Crippen LogP contribution in [0, 0.1) is 11.6 Å². The van der Waals surface area contributed by atoms with Gasteiger partial charge >= 0.3 is 0 Å². The molecule has 0 fully saturated rings. The van der Waals surface area contributed by atoms with Crippen LogP contribution in [0.15, 0.2) is 6.20 Å². The van der Waals surface area contributed by atoms with Crippen LogP contribution in [0.2, 0.25) is 0 Å². The van der Waals surface area contributed by atoms with Gasteiger partial charge in [0.25, 0.3) is 6.43 Å². The minimum Gasteiger partial charge on any atom is -0.381 e. The Kier molecular flexibility index (Phi) is 2.16. The van der Waals surface area contributed by atoms with E-state index in [9.17, 15) is 17.6 Å². The fraction of sp³-hybridized carbons (Fsp3) is 0.167. The molecule has 0 aromatic carbocycles. The van der Waals surface area contributed by atoms with Gasteiger partial charge in [-0.15, -0.1) is 0 Å². The second-order valence-electron chi connectivity index (χ2n) is 2.02. The highest BCUT2D eigenvalue weighted by Crippen LogP contribution is 2.26. The third kappa shape index (κ3) is 1.32. The molecule has 2 N–H and O–H groups in total. The van der Waals surface area contributed by atoms with Crippen LogP contribution in [0.25, 0.3) is 0 Å². The fourth-order valence-electron chi connectivity index (χ4n) is 0.695. The third-order valence-electron chi connectivity index (χ3n) is 1.25. The van der Waals surface area contributed by atoms with Crippen molar-refractivity contribution in [3.8, 4) is 0 Å². The lowest BCUT2D eigenvalue weighted by molar-refractivity contribution is 0.141. The van der Waals surface area contributed by atoms with Crippen molar-refractivity contribution in [3.63, 3.8) is 0 Å². The van der Waals surface area contributed by atoms with Crippen LogP contribution in [0.3, 0.4) is 0 Å². The van der Waals surface area contributed by atoms with Crippen LogP contribution >= 0.6 is 0 Å². The summed E-state index contributed by atoms with van der Waals surface area (Å²) >= 11 is 0. The highest BCUT2D eigenvalue weighted by atomic mass is 19.3. The quantitative estimate of drug-likeness (QED) is 0.670. The van der Waals surface area contributed by atoms with Gasteiger partial charge < -0.3 is 5.73 Å². The van der Waals surface area contributed by atoms with Crippen molar-refractivity contribution in [2.45, 2.75) is 6.43 Å². The lowest BCUT2D eigenvalue weighted by Crippen LogP contribution is -2.03. The third-order valence-corrected chi connectivity index (χ3v) is 1.25. The van der Waals surface area contributed by atoms with Crippen LogP contribution in [0.1, 0.15) is 12.0 Å². The number of anilines is 1. The molecule has 1 aromatic heterocycles. The monoisotopic (exact) mass is 180 g/mol. The van der Waals surface area contributed by atoms with Crippen LogP contribution in [0.4, 0.5) is 23.4 Å². The van der Waals surface area contributed by atoms with Crippen molar-refractivity contribution in [2.24, 2.45) is 0 Å². The first-order chi connectivity index (χ1) is 5.54. The van der Waals surface area contributed by atoms with Gasteiger partial charge in [-0.25, -0.2) is 22.5 Å². The van der Waals surface area contributed by atoms with E-state index in [0.29, 0.717) is 6.20 Å². The van der Waals surface area contributed by atoms with Gasteiger partial charge in [-0.3, -0.25) is 0 Å². The highest BCUT2D eigenvalue weighted by molar-refractivity contribution is 5.35. The van der Waals surface area contributed by atoms with E-state index in [-0.39, 0.29) is 0 Å². The molecule has 1 heterocycles. The van der Waals surface area contributed by atoms with Crippen molar-refractivity contribution in [2.75, 3.05) is 5.73 Å². The predicted molar refractivity (Wildman–Crippen MR) is 33.5 cm³/mol. The molecule has 1 rings (SSSR count). The van der Waals surface area contributed by atoms with E-state index >= 15 is 0 Å². The van der Waals surface area contributed by atoms with Crippen LogP contribution < -0.4 is 5.73 Å². The molecule has 0 atom stereocenters. The number of hydrogen-bond acceptors (Lipinski definition) is 2. The van der Waals surface area contributed by atoms with Gasteiger partial charge in [-0.1, -0.05) is 0 Å². The van der Waals surface area contributed by atoms with Crippen LogP contribution in [0.5, 0.6) is 0 Å². The molecule has 0 bridgehead atoms. The molecule has 2 nitrogen and oxygen atoms in total. The van der Waals surface area contributed by atoms with E-state index in [1.54, 1.807) is 0 Å². The Morgan fingerprint density at radius 1 is 1.33 bits per heavy atom. The largest absolute Gasteiger partial charge is 0.381 e. The zero-order valence-electron chi connectivity index (χ0n) is 5.69. The summed E-state index contributed by atoms with van der Waals surface area (Å²) in [5.41, 5.74) is 3.51. The standard InChI is InChI=1S/C6H4F4N2/c7-2-1-12-6(11)4(8)3(2)5(9)10/h1,5H,(H2,11,12). The van der Waals surface area contributed by atoms with Gasteiger partial charge in [0.15, 0.2) is 17.5 Å². The van der Waals surface area contributed by atoms with Crippen molar-refractivity contribution >= 4 is 5.82 Å². The summed E-state index contributed by atoms with van der Waals surface area (Å²) in [7, 11) is 0. The summed E-state index contributed by atoms with van der Waals surface area (Å²) in [6.45, 7) is 0. The Morgan fingerprint density at radius 3 is 2.33 bits per heavy atom. The van der Waals surface area contributed by atoms with Gasteiger partial charge in [0.2, 0.25) is 0 Å². The molecule has 0 saturated carbocycles. The van der Waals surface area contributed by atoms with Crippen molar-refractivity contribution in [1.29, 1.82) is 0 Å². The van der Waals surface area contributed by atoms with E-state index in [2.05, 4.69) is 4.98 Å². The summed E-state index contributed by atoms with van der Waals surface area (Å²) in [6, 6.07) is 0. The van der Waals surface area contributed by atoms with E-state index < -0.39 is 29.4 Å². The molecule has 66 valence electrons. The van der Waals surface area contributed by atoms with Gasteiger partial charge in [-0.05, 0) is 0 Å². The maximum absolute atomic E-state index is 12.6. The molecular weight excluding hydrogens is 176 g/mol. The second-order valence-corrected chi connectivity index (χ2v) is 2.02. The number of hydrogen-bond donors (Lipinski definition) is 1. The van der Waals surface area contributed by atoms with E-state index in [1.807, 2.05) is 0 Å². The summed E-state index contributed by atoms with van der Waals surface area (Å²) < 4.78 is 48.9. The Labute approximate surface area is 65.0 Å². The Hall–Kier alpha value is -1.33. The summed E-state index contributed by atoms with van der Waals surface area (Å²) in [5, 5.41) is 0. The maximum Gasteiger partial charge on any atom is 0.269 e. The zero-order valence-corrected chi connectivity index (χ0v) is 5.69. The number of nitrogens with zero attached hydrogens (tertiary/aromatic N) is 1. The second kappa shape index (κ2) is 2.96. The Morgan fingerprint density at radius 2 is 1.92 bits per heavy atom. The highest BCUT2D eigenvalue weighted by Gasteiger charge is 2.21. The van der Waals surface area contributed by atoms with Gasteiger partial charge in [0.1, 0.15) is 0 Å². The number of alkyl halides is 2. The number of halogens is 4. The number of pyridine rings is 1. The number of nitrogen functional groups attached to an aromatic ring is 1. The lowest BCUT2D eigenvalue weighted by atomic mass is 10.2. The minimum atomic E-state index is -3.23. The van der Waals surface area contributed by atoms with Crippen molar-refractivity contribution in [3.05, 3.63) is 23.4 Å². The molecule has 0 unspecified atom stereocenters. The Bertz CT molecular complexity index is 300. The molecular formula is C6H4F4N2. The zero-order chi connectivity index (χ0) is 9.30. The molecule has 0 aliphatic rings. The summed E-state index contributed by atoms with van der Waals surface area (Å²) in [6.07, 6.45) is -2.77. The minimum absolute atomic E-state index is 0.458. The van der Waals surface area contributed by atoms with Crippen molar-refractivity contribution < 1.29 is 17.6 Å². The molecule has 0 amide bonds. The maximum atomic E-state index is 12.6. The van der Waals surface area contributed by atoms with E-state index in [1.165, 1.54) is 0 Å². The normalized spacial score (nSPS) is 10.8. The molecule has 0 radical (unpaired) electrons. The molecule has 12 heavy (non-hydrogen) atoms. The average molecular weight is 180 g/mol. The number of aromatic nitrogens is 1. The first kappa shape index (κ1) is 8.76. The van der Waals surface area contributed by atoms with Gasteiger partial charge in [0, 0.05) is 0 Å². The van der Waals surface area contributed by atoms with Crippen molar-refractivity contribution in [1.82, 2.24) is 4.98 Å². The molecule has 0 aliphatic heterocycles. The molecule has 0 aliphatic carbocycles. The van der Waals surface area contributed by atoms with Gasteiger partial charge in [0.05, 0.1) is 11.8 Å². The average Bonchev–Trinajstić information content (AvgIpc) is 1.97. The van der Waals surface area contributed by atoms with Gasteiger partial charge in [-0.2, -0.15) is 0 Å². The summed E-state index contributed by atoms with van der Waals surface area (Å²) in [5.74, 6) is -3.62. The predicted octanol–water partition coefficient (Wildman–Crippen LogP) is 1.88. The van der Waals surface area contributed by atoms with Crippen LogP contribution in [-0.4, -0.2) is 4.98 Å². The molecule has 1 aromatic rings. The smallest absolute Gasteiger partial charge is 0.269 e. The molecule has 0 saturated heterocycles. The Balaban J connectivity index is 3.33. The number of nitrogens with two attached hydrogens (primary N) is 1. The molecule has 0 spiro atoms. The van der Waals surface area contributed by atoms with E-state index in [0.717, 1.165) is 0 Å². The van der Waals surface area contributed by atoms with E-state index in [4.69, 9.17) is 5.73 Å². The fourth-order valence-corrected chi connectivity index (χ4v) is 0.695. The molecule has 6 heteroatoms.